The van der Waals surface area contributed by atoms with Gasteiger partial charge in [-0.25, -0.2) is 4.98 Å². The molecule has 2 aliphatic rings. The van der Waals surface area contributed by atoms with Crippen LogP contribution in [0.5, 0.6) is 0 Å². The molecule has 4 N–H and O–H groups in total. The van der Waals surface area contributed by atoms with Crippen LogP contribution in [0.25, 0.3) is 0 Å². The molecule has 0 bridgehead atoms. The molecule has 0 saturated heterocycles. The van der Waals surface area contributed by atoms with E-state index in [0.717, 1.165) is 17.0 Å². The van der Waals surface area contributed by atoms with Crippen molar-refractivity contribution in [2.24, 2.45) is 16.7 Å². The van der Waals surface area contributed by atoms with Crippen LogP contribution in [0.4, 0.5) is 5.13 Å². The zero-order valence-corrected chi connectivity index (χ0v) is 19.8. The molecule has 1 saturated carbocycles. The van der Waals surface area contributed by atoms with Crippen LogP contribution in [0.15, 0.2) is 0 Å². The van der Waals surface area contributed by atoms with Gasteiger partial charge >= 0.3 is 0 Å². The van der Waals surface area contributed by atoms with Crippen LogP contribution >= 0.6 is 11.3 Å². The maximum atomic E-state index is 12.8. The van der Waals surface area contributed by atoms with Crippen LogP contribution in [0.2, 0.25) is 0 Å². The highest BCUT2D eigenvalue weighted by Crippen LogP contribution is 2.62. The van der Waals surface area contributed by atoms with Crippen molar-refractivity contribution in [3.05, 3.63) is 10.6 Å². The van der Waals surface area contributed by atoms with Crippen LogP contribution in [0.1, 0.15) is 63.4 Å². The number of thiazole rings is 1. The Morgan fingerprint density at radius 3 is 2.65 bits per heavy atom. The number of hydrogen-bond acceptors (Lipinski definition) is 7. The number of methoxy groups -OCH3 is 1. The predicted octanol–water partition coefficient (Wildman–Crippen LogP) is 2.06. The van der Waals surface area contributed by atoms with Crippen molar-refractivity contribution in [1.29, 1.82) is 0 Å². The Morgan fingerprint density at radius 2 is 2.03 bits per heavy atom. The third kappa shape index (κ3) is 4.51. The van der Waals surface area contributed by atoms with Crippen LogP contribution in [0, 0.1) is 16.7 Å². The summed E-state index contributed by atoms with van der Waals surface area (Å²) in [7, 11) is 1.46. The lowest BCUT2D eigenvalue weighted by Crippen LogP contribution is -2.57. The van der Waals surface area contributed by atoms with Gasteiger partial charge in [0.2, 0.25) is 5.91 Å². The molecule has 8 nitrogen and oxygen atoms in total. The van der Waals surface area contributed by atoms with Gasteiger partial charge in [-0.05, 0) is 44.4 Å². The summed E-state index contributed by atoms with van der Waals surface area (Å²) in [5.74, 6) is -0.492. The number of nitrogens with one attached hydrogen (secondary N) is 2. The van der Waals surface area contributed by atoms with E-state index in [1.807, 2.05) is 20.8 Å². The van der Waals surface area contributed by atoms with Crippen molar-refractivity contribution in [2.75, 3.05) is 25.6 Å². The molecule has 2 aliphatic carbocycles. The van der Waals surface area contributed by atoms with Crippen LogP contribution in [-0.2, 0) is 20.7 Å². The number of hydrogen-bond donors (Lipinski definition) is 4. The first kappa shape index (κ1) is 24.1. The second-order valence-electron chi connectivity index (χ2n) is 9.77. The van der Waals surface area contributed by atoms with Gasteiger partial charge in [0.25, 0.3) is 5.91 Å². The highest BCUT2D eigenvalue weighted by molar-refractivity contribution is 7.15. The average molecular weight is 454 g/mol. The fourth-order valence-corrected chi connectivity index (χ4v) is 6.64. The zero-order chi connectivity index (χ0) is 23.0. The number of carbonyl (C=O) groups excluding carboxylic acids is 2. The Balaban J connectivity index is 2.02. The van der Waals surface area contributed by atoms with Gasteiger partial charge in [-0.2, -0.15) is 0 Å². The number of ether oxygens (including phenoxy) is 1. The van der Waals surface area contributed by atoms with Crippen molar-refractivity contribution in [3.8, 4) is 0 Å². The largest absolute Gasteiger partial charge is 0.396 e. The Hall–Kier alpha value is -1.55. The molecule has 9 heteroatoms. The summed E-state index contributed by atoms with van der Waals surface area (Å²) in [5, 5.41) is 27.3. The van der Waals surface area contributed by atoms with E-state index in [1.165, 1.54) is 18.4 Å². The Labute approximate surface area is 187 Å². The van der Waals surface area contributed by atoms with E-state index in [4.69, 9.17) is 9.72 Å². The fourth-order valence-electron chi connectivity index (χ4n) is 5.55. The second-order valence-corrected chi connectivity index (χ2v) is 10.9. The number of aliphatic hydroxyl groups excluding tert-OH is 2. The third-order valence-electron chi connectivity index (χ3n) is 7.25. The van der Waals surface area contributed by atoms with E-state index in [1.54, 1.807) is 0 Å². The van der Waals surface area contributed by atoms with Crippen LogP contribution in [-0.4, -0.2) is 59.5 Å². The summed E-state index contributed by atoms with van der Waals surface area (Å²) in [5.41, 5.74) is -0.118. The fraction of sp³-hybridized carbons (Fsp3) is 0.773. The highest BCUT2D eigenvalue weighted by atomic mass is 32.1. The lowest BCUT2D eigenvalue weighted by atomic mass is 9.47. The molecule has 1 aromatic rings. The molecule has 31 heavy (non-hydrogen) atoms. The van der Waals surface area contributed by atoms with Crippen LogP contribution in [0.3, 0.4) is 0 Å². The average Bonchev–Trinajstić information content (AvgIpc) is 3.08. The van der Waals surface area contributed by atoms with Gasteiger partial charge in [-0.15, -0.1) is 11.3 Å². The first-order valence-electron chi connectivity index (χ1n) is 10.9. The van der Waals surface area contributed by atoms with Gasteiger partial charge in [0.15, 0.2) is 5.13 Å². The van der Waals surface area contributed by atoms with Gasteiger partial charge in [-0.1, -0.05) is 13.8 Å². The molecule has 1 heterocycles. The number of anilines is 1. The number of rotatable bonds is 7. The van der Waals surface area contributed by atoms with Gasteiger partial charge in [-0.3, -0.25) is 14.9 Å². The van der Waals surface area contributed by atoms with E-state index >= 15 is 0 Å². The van der Waals surface area contributed by atoms with E-state index < -0.39 is 11.5 Å². The maximum Gasteiger partial charge on any atom is 0.252 e. The highest BCUT2D eigenvalue weighted by Gasteiger charge is 2.59. The number of nitrogens with zero attached hydrogens (tertiary/aromatic N) is 1. The molecule has 0 spiro atoms. The van der Waals surface area contributed by atoms with Gasteiger partial charge in [0.05, 0.1) is 18.4 Å². The number of amides is 2. The van der Waals surface area contributed by atoms with Crippen molar-refractivity contribution < 1.29 is 24.5 Å². The van der Waals surface area contributed by atoms with Crippen molar-refractivity contribution in [2.45, 2.75) is 71.4 Å². The zero-order valence-electron chi connectivity index (χ0n) is 19.0. The molecule has 0 aliphatic heterocycles. The summed E-state index contributed by atoms with van der Waals surface area (Å²) in [6.45, 7) is 7.79. The summed E-state index contributed by atoms with van der Waals surface area (Å²) >= 11 is 1.41. The second kappa shape index (κ2) is 9.13. The monoisotopic (exact) mass is 453 g/mol. The first-order valence-corrected chi connectivity index (χ1v) is 11.7. The lowest BCUT2D eigenvalue weighted by molar-refractivity contribution is -0.144. The Kier molecular flexibility index (Phi) is 7.10. The number of carbonyl (C=O) groups is 2. The molecule has 0 radical (unpaired) electrons. The molecule has 2 amide bonds. The molecule has 0 aromatic carbocycles. The van der Waals surface area contributed by atoms with Crippen molar-refractivity contribution >= 4 is 28.3 Å². The maximum absolute atomic E-state index is 12.8. The topological polar surface area (TPSA) is 121 Å². The Morgan fingerprint density at radius 1 is 1.32 bits per heavy atom. The van der Waals surface area contributed by atoms with E-state index in [0.29, 0.717) is 18.0 Å². The standard InChI is InChI=1S/C22H35N3O5S/c1-12(2)23-17(28)8-13-19-14(31-20(25-19)24-18(29)10-30-5)9-15-21(13,3)7-6-16(27)22(15,4)11-26/h12-13,15-16,26-27H,6-11H2,1-5H3,(H,23,28)(H,24,25,29)/t13-,15+,16+,21-,22-/m0/s1. The first-order chi connectivity index (χ1) is 14.5. The molecule has 1 fully saturated rings. The van der Waals surface area contributed by atoms with Crippen molar-refractivity contribution in [3.63, 3.8) is 0 Å². The summed E-state index contributed by atoms with van der Waals surface area (Å²) in [4.78, 5) is 30.6. The molecular weight excluding hydrogens is 418 g/mol. The number of fused-ring (bicyclic) bond motifs is 2. The summed E-state index contributed by atoms with van der Waals surface area (Å²) in [6.07, 6.45) is 1.65. The van der Waals surface area contributed by atoms with Gasteiger partial charge < -0.3 is 20.3 Å². The lowest BCUT2D eigenvalue weighted by Gasteiger charge is -2.58. The molecule has 174 valence electrons. The van der Waals surface area contributed by atoms with Crippen LogP contribution < -0.4 is 10.6 Å². The third-order valence-corrected chi connectivity index (χ3v) is 8.26. The normalized spacial score (nSPS) is 32.3. The van der Waals surface area contributed by atoms with E-state index in [2.05, 4.69) is 17.6 Å². The van der Waals surface area contributed by atoms with E-state index in [9.17, 15) is 19.8 Å². The molecule has 1 aromatic heterocycles. The predicted molar refractivity (Wildman–Crippen MR) is 119 cm³/mol. The molecule has 3 rings (SSSR count). The number of aliphatic hydroxyl groups is 2. The SMILES string of the molecule is COCC(=O)Nc1nc2c(s1)C[C@H]1[C@](C)(CO)[C@H](O)CC[C@@]1(C)[C@H]2CC(=O)NC(C)C. The Bertz CT molecular complexity index is 828. The molecular formula is C22H35N3O5S. The molecule has 5 atom stereocenters. The molecule has 0 unspecified atom stereocenters. The minimum Gasteiger partial charge on any atom is -0.396 e. The van der Waals surface area contributed by atoms with E-state index in [-0.39, 0.29) is 54.7 Å². The minimum atomic E-state index is -0.666. The van der Waals surface area contributed by atoms with Crippen molar-refractivity contribution in [1.82, 2.24) is 10.3 Å². The van der Waals surface area contributed by atoms with Gasteiger partial charge in [0.1, 0.15) is 6.61 Å². The smallest absolute Gasteiger partial charge is 0.252 e. The number of aromatic nitrogens is 1. The quantitative estimate of drug-likeness (QED) is 0.502. The summed E-state index contributed by atoms with van der Waals surface area (Å²) < 4.78 is 4.89. The minimum absolute atomic E-state index is 0.0129. The summed E-state index contributed by atoms with van der Waals surface area (Å²) in [6, 6.07) is 0.0365. The van der Waals surface area contributed by atoms with Gasteiger partial charge in [0, 0.05) is 35.8 Å².